The summed E-state index contributed by atoms with van der Waals surface area (Å²) in [4.78, 5) is 32.2. The highest BCUT2D eigenvalue weighted by molar-refractivity contribution is 8.93. The predicted octanol–water partition coefficient (Wildman–Crippen LogP) is 5.99. The van der Waals surface area contributed by atoms with E-state index in [0.717, 1.165) is 11.3 Å². The van der Waals surface area contributed by atoms with Crippen molar-refractivity contribution < 1.29 is 32.9 Å². The van der Waals surface area contributed by atoms with Crippen molar-refractivity contribution in [3.05, 3.63) is 46.3 Å². The summed E-state index contributed by atoms with van der Waals surface area (Å²) in [6, 6.07) is 5.43. The number of hydrogen-bond donors (Lipinski definition) is 1. The Morgan fingerprint density at radius 2 is 1.55 bits per heavy atom. The van der Waals surface area contributed by atoms with Crippen molar-refractivity contribution in [1.29, 1.82) is 5.41 Å². The van der Waals surface area contributed by atoms with Crippen molar-refractivity contribution in [2.45, 2.75) is 73.0 Å². The Balaban J connectivity index is 0.00000600. The maximum absolute atomic E-state index is 15.6. The Bertz CT molecular complexity index is 1480. The molecule has 1 N–H and O–H groups in total. The molecule has 0 saturated carbocycles. The Hall–Kier alpha value is -3.38. The summed E-state index contributed by atoms with van der Waals surface area (Å²) in [5, 5.41) is 8.78. The molecule has 0 aromatic heterocycles. The highest BCUT2D eigenvalue weighted by atomic mass is 79.9. The van der Waals surface area contributed by atoms with E-state index in [4.69, 9.17) is 24.4 Å². The zero-order valence-electron chi connectivity index (χ0n) is 29.2. The first kappa shape index (κ1) is 38.1. The number of esters is 1. The van der Waals surface area contributed by atoms with Crippen LogP contribution < -0.4 is 19.1 Å². The maximum Gasteiger partial charge on any atom is 0.320 e. The van der Waals surface area contributed by atoms with Crippen LogP contribution in [0.1, 0.15) is 82.4 Å². The first-order chi connectivity index (χ1) is 21.6. The smallest absolute Gasteiger partial charge is 0.320 e. The molecule has 0 bridgehead atoms. The fourth-order valence-corrected chi connectivity index (χ4v) is 5.91. The molecule has 1 fully saturated rings. The van der Waals surface area contributed by atoms with E-state index in [1.54, 1.807) is 25.0 Å². The first-order valence-corrected chi connectivity index (χ1v) is 16.0. The minimum absolute atomic E-state index is 0. The third-order valence-corrected chi connectivity index (χ3v) is 8.00. The van der Waals surface area contributed by atoms with Crippen LogP contribution in [0.25, 0.3) is 0 Å². The zero-order valence-corrected chi connectivity index (χ0v) is 30.9. The molecule has 2 aliphatic heterocycles. The van der Waals surface area contributed by atoms with Crippen LogP contribution in [0.15, 0.2) is 18.2 Å². The number of anilines is 1. The number of carbonyl (C=O) groups excluding carboxylic acids is 2. The molecular weight excluding hydrogens is 671 g/mol. The molecule has 2 heterocycles. The van der Waals surface area contributed by atoms with Gasteiger partial charge in [0.2, 0.25) is 0 Å². The lowest BCUT2D eigenvalue weighted by Crippen LogP contribution is -2.49. The number of nitrogens with one attached hydrogen (secondary N) is 1. The van der Waals surface area contributed by atoms with Gasteiger partial charge in [0.05, 0.1) is 44.7 Å². The average Bonchev–Trinajstić information content (AvgIpc) is 3.27. The van der Waals surface area contributed by atoms with Crippen molar-refractivity contribution in [3.63, 3.8) is 0 Å². The second kappa shape index (κ2) is 15.2. The third-order valence-electron chi connectivity index (χ3n) is 8.00. The van der Waals surface area contributed by atoms with E-state index in [2.05, 4.69) is 30.6 Å². The van der Waals surface area contributed by atoms with Crippen LogP contribution in [-0.2, 0) is 21.5 Å². The van der Waals surface area contributed by atoms with Gasteiger partial charge in [0, 0.05) is 43.9 Å². The van der Waals surface area contributed by atoms with Crippen LogP contribution in [0.2, 0.25) is 0 Å². The molecule has 4 rings (SSSR count). The minimum Gasteiger partial charge on any atom is -0.494 e. The minimum atomic E-state index is -0.643. The highest BCUT2D eigenvalue weighted by Gasteiger charge is 2.34. The SMILES string of the molecule is Br.CCOc1cc2c(c(F)c1OCC)C(=N)N(CC(=O)c1cc(N3CCN(CC(=O)OC(C)(C)C)CC3)c(OC)c(C(C)(C)C)c1)C2. The standard InChI is InChI=1S/C35H49FN4O6.BrH/c1-10-44-27-18-23-19-40(33(37)29(23)30(36)32(27)45-11-2)20-26(41)22-16-24(34(3,4)5)31(43-9)25(17-22)39-14-12-38(13-15-39)21-28(42)46-35(6,7)8;/h16-18,37H,10-15,19-21H2,1-9H3;1H. The molecule has 47 heavy (non-hydrogen) atoms. The average molecular weight is 722 g/mol. The lowest BCUT2D eigenvalue weighted by atomic mass is 9.84. The Morgan fingerprint density at radius 3 is 2.11 bits per heavy atom. The number of halogens is 2. The van der Waals surface area contributed by atoms with Crippen molar-refractivity contribution in [1.82, 2.24) is 9.80 Å². The summed E-state index contributed by atoms with van der Waals surface area (Å²) in [6.45, 7) is 18.8. The fraction of sp³-hybridized carbons (Fsp3) is 0.571. The molecule has 2 aromatic carbocycles. The molecule has 0 atom stereocenters. The lowest BCUT2D eigenvalue weighted by molar-refractivity contribution is -0.156. The molecule has 0 spiro atoms. The number of amidine groups is 1. The summed E-state index contributed by atoms with van der Waals surface area (Å²) in [7, 11) is 1.64. The number of hydrogen-bond acceptors (Lipinski definition) is 9. The van der Waals surface area contributed by atoms with E-state index < -0.39 is 11.4 Å². The second-order valence-electron chi connectivity index (χ2n) is 13.7. The van der Waals surface area contributed by atoms with Gasteiger partial charge in [-0.2, -0.15) is 0 Å². The van der Waals surface area contributed by atoms with Gasteiger partial charge in [-0.15, -0.1) is 17.0 Å². The van der Waals surface area contributed by atoms with Crippen LogP contribution >= 0.6 is 17.0 Å². The number of fused-ring (bicyclic) bond motifs is 1. The predicted molar refractivity (Wildman–Crippen MR) is 187 cm³/mol. The molecule has 0 unspecified atom stereocenters. The number of methoxy groups -OCH3 is 1. The maximum atomic E-state index is 15.6. The van der Waals surface area contributed by atoms with Gasteiger partial charge in [-0.3, -0.25) is 19.9 Å². The molecule has 0 radical (unpaired) electrons. The van der Waals surface area contributed by atoms with E-state index in [0.29, 0.717) is 55.4 Å². The highest BCUT2D eigenvalue weighted by Crippen LogP contribution is 2.42. The van der Waals surface area contributed by atoms with Crippen LogP contribution in [0.5, 0.6) is 17.2 Å². The van der Waals surface area contributed by atoms with E-state index >= 15 is 4.39 Å². The van der Waals surface area contributed by atoms with Crippen LogP contribution in [0.3, 0.4) is 0 Å². The van der Waals surface area contributed by atoms with Crippen molar-refractivity contribution >= 4 is 40.3 Å². The normalized spacial score (nSPS) is 15.2. The summed E-state index contributed by atoms with van der Waals surface area (Å²) < 4.78 is 38.2. The summed E-state index contributed by atoms with van der Waals surface area (Å²) in [5.41, 5.74) is 2.04. The van der Waals surface area contributed by atoms with E-state index in [1.165, 1.54) is 0 Å². The number of carbonyl (C=O) groups is 2. The molecule has 10 nitrogen and oxygen atoms in total. The fourth-order valence-electron chi connectivity index (χ4n) is 5.91. The zero-order chi connectivity index (χ0) is 34.0. The molecule has 0 aliphatic carbocycles. The molecular formula is C35H50BrFN4O6. The quantitative estimate of drug-likeness (QED) is 0.221. The molecule has 0 amide bonds. The van der Waals surface area contributed by atoms with Gasteiger partial charge in [-0.1, -0.05) is 20.8 Å². The van der Waals surface area contributed by atoms with Crippen molar-refractivity contribution in [3.8, 4) is 17.2 Å². The van der Waals surface area contributed by atoms with Gasteiger partial charge < -0.3 is 28.7 Å². The van der Waals surface area contributed by atoms with Crippen molar-refractivity contribution in [2.75, 3.05) is 64.5 Å². The number of rotatable bonds is 11. The lowest BCUT2D eigenvalue weighted by Gasteiger charge is -2.37. The second-order valence-corrected chi connectivity index (χ2v) is 13.7. The molecule has 1 saturated heterocycles. The van der Waals surface area contributed by atoms with Gasteiger partial charge in [-0.05, 0) is 63.8 Å². The van der Waals surface area contributed by atoms with Gasteiger partial charge >= 0.3 is 5.97 Å². The molecule has 12 heteroatoms. The Morgan fingerprint density at radius 1 is 0.915 bits per heavy atom. The van der Waals surface area contributed by atoms with Gasteiger partial charge in [0.25, 0.3) is 0 Å². The molecule has 2 aromatic rings. The topological polar surface area (TPSA) is 105 Å². The largest absolute Gasteiger partial charge is 0.494 e. The van der Waals surface area contributed by atoms with E-state index in [-0.39, 0.29) is 77.5 Å². The third kappa shape index (κ3) is 8.76. The molecule has 260 valence electrons. The van der Waals surface area contributed by atoms with Gasteiger partial charge in [0.1, 0.15) is 17.2 Å². The number of nitrogens with zero attached hydrogens (tertiary/aromatic N) is 3. The van der Waals surface area contributed by atoms with E-state index in [1.807, 2.05) is 39.8 Å². The Kier molecular flexibility index (Phi) is 12.3. The number of Topliss-reactive ketones (excluding diaryl/α,β-unsaturated/α-hetero) is 1. The van der Waals surface area contributed by atoms with Crippen LogP contribution in [0.4, 0.5) is 10.1 Å². The van der Waals surface area contributed by atoms with Gasteiger partial charge in [0.15, 0.2) is 23.1 Å². The monoisotopic (exact) mass is 720 g/mol. The number of ketones is 1. The number of benzene rings is 2. The van der Waals surface area contributed by atoms with Crippen molar-refractivity contribution in [2.24, 2.45) is 0 Å². The first-order valence-electron chi connectivity index (χ1n) is 16.0. The summed E-state index contributed by atoms with van der Waals surface area (Å²) >= 11 is 0. The number of ether oxygens (including phenoxy) is 4. The number of piperazine rings is 1. The van der Waals surface area contributed by atoms with Crippen LogP contribution in [0, 0.1) is 11.2 Å². The van der Waals surface area contributed by atoms with Gasteiger partial charge in [-0.25, -0.2) is 4.39 Å². The Labute approximate surface area is 288 Å². The summed E-state index contributed by atoms with van der Waals surface area (Å²) in [6.07, 6.45) is 0. The van der Waals surface area contributed by atoms with Crippen LogP contribution in [-0.4, -0.2) is 92.6 Å². The molecule has 2 aliphatic rings. The van der Waals surface area contributed by atoms with E-state index in [9.17, 15) is 9.59 Å². The summed E-state index contributed by atoms with van der Waals surface area (Å²) in [5.74, 6) is -0.153.